The molecule has 0 saturated carbocycles. The van der Waals surface area contributed by atoms with Gasteiger partial charge in [0.15, 0.2) is 6.61 Å². The standard InChI is InChI=1S/C10H10O4/c1-2-10(13)14-8-6-4-3-5-7-9(11)12/h2,7-8H2,1H3,(H,11,12). The molecule has 1 N–H and O–H groups in total. The summed E-state index contributed by atoms with van der Waals surface area (Å²) in [5, 5.41) is 8.20. The zero-order valence-electron chi connectivity index (χ0n) is 7.79. The van der Waals surface area contributed by atoms with Crippen LogP contribution in [0.3, 0.4) is 0 Å². The second-order valence-corrected chi connectivity index (χ2v) is 2.19. The Hall–Kier alpha value is -1.94. The van der Waals surface area contributed by atoms with Crippen LogP contribution < -0.4 is 0 Å². The van der Waals surface area contributed by atoms with E-state index in [1.165, 1.54) is 0 Å². The van der Waals surface area contributed by atoms with Crippen molar-refractivity contribution in [3.8, 4) is 23.7 Å². The molecule has 0 heterocycles. The van der Waals surface area contributed by atoms with Crippen LogP contribution in [-0.4, -0.2) is 23.7 Å². The van der Waals surface area contributed by atoms with Crippen molar-refractivity contribution in [2.45, 2.75) is 19.8 Å². The molecule has 0 spiro atoms. The van der Waals surface area contributed by atoms with E-state index in [1.807, 2.05) is 0 Å². The Labute approximate surface area is 82.3 Å². The van der Waals surface area contributed by atoms with Gasteiger partial charge in [-0.05, 0) is 17.8 Å². The van der Waals surface area contributed by atoms with Crippen molar-refractivity contribution < 1.29 is 19.4 Å². The topological polar surface area (TPSA) is 63.6 Å². The van der Waals surface area contributed by atoms with Crippen LogP contribution in [-0.2, 0) is 14.3 Å². The van der Waals surface area contributed by atoms with Crippen LogP contribution in [0.4, 0.5) is 0 Å². The number of rotatable bonds is 3. The molecule has 14 heavy (non-hydrogen) atoms. The summed E-state index contributed by atoms with van der Waals surface area (Å²) >= 11 is 0. The fourth-order valence-corrected chi connectivity index (χ4v) is 0.463. The molecule has 0 atom stereocenters. The maximum absolute atomic E-state index is 10.6. The molecule has 4 nitrogen and oxygen atoms in total. The Balaban J connectivity index is 3.66. The summed E-state index contributed by atoms with van der Waals surface area (Å²) < 4.78 is 4.62. The van der Waals surface area contributed by atoms with Crippen molar-refractivity contribution in [3.63, 3.8) is 0 Å². The molecule has 0 aliphatic heterocycles. The van der Waals surface area contributed by atoms with Crippen LogP contribution in [0, 0.1) is 23.7 Å². The third-order valence-corrected chi connectivity index (χ3v) is 1.07. The quantitative estimate of drug-likeness (QED) is 0.522. The molecule has 0 bridgehead atoms. The first-order chi connectivity index (χ1) is 6.66. The minimum absolute atomic E-state index is 0.00553. The predicted molar refractivity (Wildman–Crippen MR) is 49.1 cm³/mol. The van der Waals surface area contributed by atoms with Gasteiger partial charge in [-0.2, -0.15) is 0 Å². The molecule has 0 amide bonds. The molecular formula is C10H10O4. The van der Waals surface area contributed by atoms with Crippen molar-refractivity contribution >= 4 is 11.9 Å². The molecule has 0 aromatic rings. The first-order valence-corrected chi connectivity index (χ1v) is 4.00. The van der Waals surface area contributed by atoms with Crippen molar-refractivity contribution in [1.29, 1.82) is 0 Å². The molecule has 0 saturated heterocycles. The first-order valence-electron chi connectivity index (χ1n) is 4.00. The van der Waals surface area contributed by atoms with Crippen molar-refractivity contribution in [3.05, 3.63) is 0 Å². The highest BCUT2D eigenvalue weighted by Gasteiger charge is 1.93. The zero-order chi connectivity index (χ0) is 10.8. The van der Waals surface area contributed by atoms with Gasteiger partial charge in [-0.1, -0.05) is 12.8 Å². The fraction of sp³-hybridized carbons (Fsp3) is 0.400. The summed E-state index contributed by atoms with van der Waals surface area (Å²) in [5.74, 6) is 8.17. The van der Waals surface area contributed by atoms with E-state index in [1.54, 1.807) is 6.92 Å². The number of aliphatic carboxylic acids is 1. The minimum Gasteiger partial charge on any atom is -0.481 e. The number of esters is 1. The highest BCUT2D eigenvalue weighted by Crippen LogP contribution is 1.81. The Morgan fingerprint density at radius 1 is 1.29 bits per heavy atom. The molecule has 0 radical (unpaired) electrons. The van der Waals surface area contributed by atoms with Gasteiger partial charge in [0.2, 0.25) is 0 Å². The van der Waals surface area contributed by atoms with Crippen LogP contribution in [0.1, 0.15) is 19.8 Å². The lowest BCUT2D eigenvalue weighted by molar-refractivity contribution is -0.141. The van der Waals surface area contributed by atoms with E-state index in [0.29, 0.717) is 6.42 Å². The number of carboxylic acid groups (broad SMARTS) is 1. The number of hydrogen-bond acceptors (Lipinski definition) is 3. The lowest BCUT2D eigenvalue weighted by atomic mass is 10.4. The van der Waals surface area contributed by atoms with Gasteiger partial charge in [0.25, 0.3) is 0 Å². The van der Waals surface area contributed by atoms with Crippen LogP contribution in [0.2, 0.25) is 0 Å². The predicted octanol–water partition coefficient (Wildman–Crippen LogP) is 0.421. The number of hydrogen-bond donors (Lipinski definition) is 1. The van der Waals surface area contributed by atoms with Crippen LogP contribution in [0.5, 0.6) is 0 Å². The van der Waals surface area contributed by atoms with E-state index in [0.717, 1.165) is 0 Å². The summed E-state index contributed by atoms with van der Waals surface area (Å²) in [6.07, 6.45) is 0.0792. The summed E-state index contributed by atoms with van der Waals surface area (Å²) in [6.45, 7) is 1.68. The van der Waals surface area contributed by atoms with Gasteiger partial charge in [-0.25, -0.2) is 0 Å². The van der Waals surface area contributed by atoms with Gasteiger partial charge in [0, 0.05) is 6.42 Å². The Bertz CT molecular complexity index is 322. The number of ether oxygens (including phenoxy) is 1. The smallest absolute Gasteiger partial charge is 0.315 e. The molecule has 0 aromatic carbocycles. The highest BCUT2D eigenvalue weighted by molar-refractivity contribution is 5.70. The minimum atomic E-state index is -0.989. The van der Waals surface area contributed by atoms with E-state index in [4.69, 9.17) is 5.11 Å². The van der Waals surface area contributed by atoms with Crippen LogP contribution >= 0.6 is 0 Å². The number of carbonyl (C=O) groups excluding carboxylic acids is 1. The lowest BCUT2D eigenvalue weighted by Gasteiger charge is -1.93. The third kappa shape index (κ3) is 8.16. The Morgan fingerprint density at radius 3 is 2.50 bits per heavy atom. The fourth-order valence-electron chi connectivity index (χ4n) is 0.463. The summed E-state index contributed by atoms with van der Waals surface area (Å²) in [6, 6.07) is 0. The molecular weight excluding hydrogens is 184 g/mol. The first kappa shape index (κ1) is 12.1. The van der Waals surface area contributed by atoms with Crippen molar-refractivity contribution in [2.24, 2.45) is 0 Å². The summed E-state index contributed by atoms with van der Waals surface area (Å²) in [7, 11) is 0. The van der Waals surface area contributed by atoms with E-state index in [2.05, 4.69) is 28.4 Å². The van der Waals surface area contributed by atoms with Gasteiger partial charge in [-0.15, -0.1) is 0 Å². The van der Waals surface area contributed by atoms with E-state index in [-0.39, 0.29) is 19.0 Å². The highest BCUT2D eigenvalue weighted by atomic mass is 16.5. The number of carbonyl (C=O) groups is 2. The summed E-state index contributed by atoms with van der Waals surface area (Å²) in [5.41, 5.74) is 0. The molecule has 0 aromatic heterocycles. The van der Waals surface area contributed by atoms with Crippen LogP contribution in [0.15, 0.2) is 0 Å². The van der Waals surface area contributed by atoms with Crippen molar-refractivity contribution in [2.75, 3.05) is 6.61 Å². The van der Waals surface area contributed by atoms with Gasteiger partial charge in [-0.3, -0.25) is 9.59 Å². The van der Waals surface area contributed by atoms with Gasteiger partial charge in [0.05, 0.1) is 0 Å². The van der Waals surface area contributed by atoms with Gasteiger partial charge < -0.3 is 9.84 Å². The van der Waals surface area contributed by atoms with Crippen molar-refractivity contribution in [1.82, 2.24) is 0 Å². The van der Waals surface area contributed by atoms with Crippen LogP contribution in [0.25, 0.3) is 0 Å². The van der Waals surface area contributed by atoms with Gasteiger partial charge in [0.1, 0.15) is 6.42 Å². The van der Waals surface area contributed by atoms with E-state index < -0.39 is 5.97 Å². The summed E-state index contributed by atoms with van der Waals surface area (Å²) in [4.78, 5) is 20.6. The second-order valence-electron chi connectivity index (χ2n) is 2.19. The molecule has 0 aliphatic carbocycles. The van der Waals surface area contributed by atoms with E-state index in [9.17, 15) is 9.59 Å². The number of carboxylic acids is 1. The maximum atomic E-state index is 10.6. The molecule has 0 unspecified atom stereocenters. The molecule has 0 aliphatic rings. The molecule has 0 rings (SSSR count). The maximum Gasteiger partial charge on any atom is 0.315 e. The average Bonchev–Trinajstić information content (AvgIpc) is 2.15. The Morgan fingerprint density at radius 2 is 1.93 bits per heavy atom. The average molecular weight is 194 g/mol. The lowest BCUT2D eigenvalue weighted by Crippen LogP contribution is -2.01. The largest absolute Gasteiger partial charge is 0.481 e. The zero-order valence-corrected chi connectivity index (χ0v) is 7.79. The Kier molecular flexibility index (Phi) is 6.63. The van der Waals surface area contributed by atoms with E-state index >= 15 is 0 Å². The third-order valence-electron chi connectivity index (χ3n) is 1.07. The normalized spacial score (nSPS) is 7.50. The molecule has 4 heteroatoms. The second kappa shape index (κ2) is 7.70. The molecule has 74 valence electrons. The SMILES string of the molecule is CCC(=O)OCC#CC#CCC(=O)O. The molecule has 0 fully saturated rings. The monoisotopic (exact) mass is 194 g/mol. The van der Waals surface area contributed by atoms with Gasteiger partial charge >= 0.3 is 11.9 Å².